The zero-order chi connectivity index (χ0) is 45.9. The van der Waals surface area contributed by atoms with Gasteiger partial charge in [0, 0.05) is 6.42 Å². The van der Waals surface area contributed by atoms with Gasteiger partial charge in [-0.15, -0.1) is 0 Å². The zero-order valence-corrected chi connectivity index (χ0v) is 42.2. The van der Waals surface area contributed by atoms with Crippen molar-refractivity contribution >= 4 is 11.9 Å². The highest BCUT2D eigenvalue weighted by atomic mass is 16.5. The molecule has 0 rings (SSSR count). The minimum Gasteiger partial charge on any atom is -0.462 e. The predicted octanol–water partition coefficient (Wildman–Crippen LogP) is 16.8. The molecular weight excluding hydrogens is 779 g/mol. The van der Waals surface area contributed by atoms with Gasteiger partial charge in [0.25, 0.3) is 0 Å². The van der Waals surface area contributed by atoms with Crippen LogP contribution in [0.4, 0.5) is 0 Å². The largest absolute Gasteiger partial charge is 0.462 e. The molecule has 6 heteroatoms. The molecule has 1 amide bonds. The summed E-state index contributed by atoms with van der Waals surface area (Å²) in [6.07, 6.45) is 60.6. The van der Waals surface area contributed by atoms with E-state index in [9.17, 15) is 19.8 Å². The summed E-state index contributed by atoms with van der Waals surface area (Å²) in [5, 5.41) is 23.8. The lowest BCUT2D eigenvalue weighted by molar-refractivity contribution is -0.151. The summed E-state index contributed by atoms with van der Waals surface area (Å²) in [5.41, 5.74) is 0. The third-order valence-electron chi connectivity index (χ3n) is 12.7. The molecule has 0 aliphatic carbocycles. The number of rotatable bonds is 50. The van der Waals surface area contributed by atoms with Crippen molar-refractivity contribution in [1.82, 2.24) is 5.32 Å². The first-order chi connectivity index (χ1) is 31.0. The molecule has 3 atom stereocenters. The third kappa shape index (κ3) is 46.4. The molecule has 3 unspecified atom stereocenters. The lowest BCUT2D eigenvalue weighted by Gasteiger charge is -2.24. The molecule has 0 aliphatic rings. The van der Waals surface area contributed by atoms with E-state index in [1.165, 1.54) is 173 Å². The number of hydrogen-bond acceptors (Lipinski definition) is 5. The maximum Gasteiger partial charge on any atom is 0.306 e. The summed E-state index contributed by atoms with van der Waals surface area (Å²) in [6.45, 7) is 6.46. The number of hydrogen-bond donors (Lipinski definition) is 3. The Balaban J connectivity index is 4.56. The van der Waals surface area contributed by atoms with E-state index >= 15 is 0 Å². The first-order valence-corrected chi connectivity index (χ1v) is 27.7. The summed E-state index contributed by atoms with van der Waals surface area (Å²) in [7, 11) is 0. The molecule has 63 heavy (non-hydrogen) atoms. The highest BCUT2D eigenvalue weighted by Gasteiger charge is 2.24. The molecule has 0 heterocycles. The topological polar surface area (TPSA) is 95.9 Å². The van der Waals surface area contributed by atoms with E-state index in [4.69, 9.17) is 4.74 Å². The lowest BCUT2D eigenvalue weighted by Crippen LogP contribution is -2.46. The third-order valence-corrected chi connectivity index (χ3v) is 12.7. The number of carbonyl (C=O) groups excluding carboxylic acids is 2. The molecule has 0 aromatic rings. The molecular formula is C57H107NO5. The summed E-state index contributed by atoms with van der Waals surface area (Å²) >= 11 is 0. The smallest absolute Gasteiger partial charge is 0.306 e. The maximum atomic E-state index is 13.2. The number of allylic oxidation sites excluding steroid dienone is 6. The second kappa shape index (κ2) is 51.1. The fourth-order valence-corrected chi connectivity index (χ4v) is 8.46. The molecule has 0 aromatic carbocycles. The summed E-state index contributed by atoms with van der Waals surface area (Å²) in [4.78, 5) is 26.2. The molecule has 0 fully saturated rings. The van der Waals surface area contributed by atoms with Crippen molar-refractivity contribution < 1.29 is 24.5 Å². The lowest BCUT2D eigenvalue weighted by atomic mass is 10.0. The van der Waals surface area contributed by atoms with E-state index in [1.807, 2.05) is 0 Å². The minimum atomic E-state index is -0.790. The van der Waals surface area contributed by atoms with Crippen LogP contribution < -0.4 is 5.32 Å². The highest BCUT2D eigenvalue weighted by molar-refractivity contribution is 5.77. The van der Waals surface area contributed by atoms with Crippen LogP contribution in [-0.4, -0.2) is 46.9 Å². The van der Waals surface area contributed by atoms with Gasteiger partial charge in [0.2, 0.25) is 5.91 Å². The molecule has 0 spiro atoms. The number of aliphatic hydroxyl groups is 2. The molecule has 0 aliphatic heterocycles. The van der Waals surface area contributed by atoms with Crippen LogP contribution in [0.25, 0.3) is 0 Å². The quantitative estimate of drug-likeness (QED) is 0.0321. The van der Waals surface area contributed by atoms with E-state index in [0.29, 0.717) is 19.3 Å². The van der Waals surface area contributed by atoms with E-state index in [1.54, 1.807) is 0 Å². The first kappa shape index (κ1) is 61.1. The van der Waals surface area contributed by atoms with Gasteiger partial charge in [0.1, 0.15) is 6.10 Å². The van der Waals surface area contributed by atoms with Crippen LogP contribution in [0.5, 0.6) is 0 Å². The van der Waals surface area contributed by atoms with E-state index in [0.717, 1.165) is 70.6 Å². The van der Waals surface area contributed by atoms with Crippen LogP contribution in [0.3, 0.4) is 0 Å². The normalized spacial score (nSPS) is 13.4. The van der Waals surface area contributed by atoms with Crippen LogP contribution in [0.15, 0.2) is 36.5 Å². The van der Waals surface area contributed by atoms with Crippen LogP contribution in [0.1, 0.15) is 290 Å². The standard InChI is InChI=1S/C57H107NO5/c1-4-7-10-13-16-19-22-25-27-28-30-31-33-36-39-42-45-48-53(63-57(62)50-47-44-41-38-35-24-21-18-15-12-9-6-3)51-56(61)58-54(52-59)55(60)49-46-43-40-37-34-32-29-26-23-20-17-14-11-8-5-2/h16,18-19,21,25,27,53-55,59-60H,4-15,17,20,22-24,26,28-52H2,1-3H3,(H,58,61)/b19-16-,21-18-,27-25-. The van der Waals surface area contributed by atoms with Crippen molar-refractivity contribution in [3.8, 4) is 0 Å². The van der Waals surface area contributed by atoms with Gasteiger partial charge < -0.3 is 20.3 Å². The van der Waals surface area contributed by atoms with E-state index < -0.39 is 18.2 Å². The van der Waals surface area contributed by atoms with Gasteiger partial charge in [-0.1, -0.05) is 231 Å². The molecule has 3 N–H and O–H groups in total. The van der Waals surface area contributed by atoms with Crippen molar-refractivity contribution in [3.05, 3.63) is 36.5 Å². The second-order valence-corrected chi connectivity index (χ2v) is 19.0. The van der Waals surface area contributed by atoms with Gasteiger partial charge in [-0.3, -0.25) is 9.59 Å². The van der Waals surface area contributed by atoms with Gasteiger partial charge >= 0.3 is 5.97 Å². The van der Waals surface area contributed by atoms with Crippen molar-refractivity contribution in [2.75, 3.05) is 6.61 Å². The monoisotopic (exact) mass is 886 g/mol. The molecule has 0 aromatic heterocycles. The maximum absolute atomic E-state index is 13.2. The van der Waals surface area contributed by atoms with E-state index in [2.05, 4.69) is 62.5 Å². The van der Waals surface area contributed by atoms with Crippen molar-refractivity contribution in [3.63, 3.8) is 0 Å². The van der Waals surface area contributed by atoms with Gasteiger partial charge in [-0.05, 0) is 83.5 Å². The molecule has 0 saturated carbocycles. The van der Waals surface area contributed by atoms with Crippen molar-refractivity contribution in [2.24, 2.45) is 0 Å². The molecule has 0 saturated heterocycles. The van der Waals surface area contributed by atoms with Crippen molar-refractivity contribution in [2.45, 2.75) is 309 Å². The molecule has 6 nitrogen and oxygen atoms in total. The predicted molar refractivity (Wildman–Crippen MR) is 273 cm³/mol. The Kier molecular flexibility index (Phi) is 49.5. The van der Waals surface area contributed by atoms with Gasteiger partial charge in [0.15, 0.2) is 0 Å². The second-order valence-electron chi connectivity index (χ2n) is 19.0. The minimum absolute atomic E-state index is 0.0715. The van der Waals surface area contributed by atoms with E-state index in [-0.39, 0.29) is 24.9 Å². The van der Waals surface area contributed by atoms with Gasteiger partial charge in [0.05, 0.1) is 25.2 Å². The average Bonchev–Trinajstić information content (AvgIpc) is 3.28. The fourth-order valence-electron chi connectivity index (χ4n) is 8.46. The Morgan fingerprint density at radius 1 is 0.460 bits per heavy atom. The Morgan fingerprint density at radius 2 is 0.810 bits per heavy atom. The molecule has 370 valence electrons. The van der Waals surface area contributed by atoms with Crippen LogP contribution in [-0.2, 0) is 14.3 Å². The fraction of sp³-hybridized carbons (Fsp3) is 0.860. The average molecular weight is 886 g/mol. The number of nitrogens with one attached hydrogen (secondary N) is 1. The molecule has 0 radical (unpaired) electrons. The number of unbranched alkanes of at least 4 members (excludes halogenated alkanes) is 32. The summed E-state index contributed by atoms with van der Waals surface area (Å²) in [6, 6.07) is -0.704. The van der Waals surface area contributed by atoms with Crippen LogP contribution in [0, 0.1) is 0 Å². The number of amides is 1. The summed E-state index contributed by atoms with van der Waals surface area (Å²) < 4.78 is 5.94. The SMILES string of the molecule is CCCCC/C=C\C/C=C\CCCCCCCCCC(CC(=O)NC(CO)C(O)CCCCCCCCCCCCCCCCC)OC(=O)CCCCCCC/C=C\CCCCC. The van der Waals surface area contributed by atoms with Crippen LogP contribution >= 0.6 is 0 Å². The highest BCUT2D eigenvalue weighted by Crippen LogP contribution is 2.18. The Labute approximate surface area is 392 Å². The van der Waals surface area contributed by atoms with Gasteiger partial charge in [-0.25, -0.2) is 0 Å². The molecule has 0 bridgehead atoms. The Hall–Kier alpha value is -1.92. The number of ether oxygens (including phenoxy) is 1. The Morgan fingerprint density at radius 3 is 1.25 bits per heavy atom. The van der Waals surface area contributed by atoms with Crippen LogP contribution in [0.2, 0.25) is 0 Å². The zero-order valence-electron chi connectivity index (χ0n) is 42.2. The van der Waals surface area contributed by atoms with Crippen molar-refractivity contribution in [1.29, 1.82) is 0 Å². The number of aliphatic hydroxyl groups excluding tert-OH is 2. The first-order valence-electron chi connectivity index (χ1n) is 27.7. The number of carbonyl (C=O) groups is 2. The van der Waals surface area contributed by atoms with Gasteiger partial charge in [-0.2, -0.15) is 0 Å². The number of esters is 1. The Bertz CT molecular complexity index is 1040. The summed E-state index contributed by atoms with van der Waals surface area (Å²) in [5.74, 6) is -0.481.